The van der Waals surface area contributed by atoms with Crippen LogP contribution >= 0.6 is 11.3 Å². The number of thiophene rings is 1. The van der Waals surface area contributed by atoms with Crippen molar-refractivity contribution < 1.29 is 14.6 Å². The van der Waals surface area contributed by atoms with Crippen LogP contribution in [0.1, 0.15) is 15.2 Å². The molecule has 6 heteroatoms. The van der Waals surface area contributed by atoms with Crippen LogP contribution in [0.2, 0.25) is 0 Å². The van der Waals surface area contributed by atoms with Gasteiger partial charge in [-0.05, 0) is 23.1 Å². The summed E-state index contributed by atoms with van der Waals surface area (Å²) >= 11 is 1.45. The molecule has 2 aromatic rings. The summed E-state index contributed by atoms with van der Waals surface area (Å²) in [6, 6.07) is 11.7. The van der Waals surface area contributed by atoms with Crippen molar-refractivity contribution in [3.8, 4) is 0 Å². The third kappa shape index (κ3) is 3.61. The summed E-state index contributed by atoms with van der Waals surface area (Å²) in [6.07, 6.45) is 0. The maximum Gasteiger partial charge on any atom is 0.263 e. The first kappa shape index (κ1) is 17.0. The van der Waals surface area contributed by atoms with Crippen molar-refractivity contribution in [3.63, 3.8) is 0 Å². The van der Waals surface area contributed by atoms with Gasteiger partial charge in [-0.1, -0.05) is 24.3 Å². The van der Waals surface area contributed by atoms with E-state index in [1.165, 1.54) is 11.3 Å². The maximum absolute atomic E-state index is 12.4. The Kier molecular flexibility index (Phi) is 5.18. The Balaban J connectivity index is 1.66. The number of aliphatic hydroxyl groups is 1. The van der Waals surface area contributed by atoms with Crippen LogP contribution in [0, 0.1) is 5.41 Å². The molecule has 2 heterocycles. The molecular formula is C18H22N2O3S. The molecule has 1 fully saturated rings. The molecule has 0 unspecified atom stereocenters. The average Bonchev–Trinajstić information content (AvgIpc) is 3.09. The number of hydrogen-bond donors (Lipinski definition) is 2. The summed E-state index contributed by atoms with van der Waals surface area (Å²) in [5, 5.41) is 14.9. The summed E-state index contributed by atoms with van der Waals surface area (Å²) in [7, 11) is 1.81. The van der Waals surface area contributed by atoms with E-state index >= 15 is 0 Å². The fourth-order valence-corrected chi connectivity index (χ4v) is 3.39. The van der Waals surface area contributed by atoms with Gasteiger partial charge >= 0.3 is 0 Å². The van der Waals surface area contributed by atoms with Gasteiger partial charge in [0.25, 0.3) is 5.91 Å². The Morgan fingerprint density at radius 1 is 1.33 bits per heavy atom. The van der Waals surface area contributed by atoms with Crippen molar-refractivity contribution in [2.24, 2.45) is 5.41 Å². The minimum atomic E-state index is -0.189. The van der Waals surface area contributed by atoms with Gasteiger partial charge < -0.3 is 20.1 Å². The Hall–Kier alpha value is -1.89. The quantitative estimate of drug-likeness (QED) is 0.808. The molecule has 0 saturated carbocycles. The molecule has 0 bridgehead atoms. The smallest absolute Gasteiger partial charge is 0.263 e. The number of anilines is 1. The molecule has 0 spiro atoms. The lowest BCUT2D eigenvalue weighted by Gasteiger charge is -2.40. The Labute approximate surface area is 145 Å². The third-order valence-electron chi connectivity index (χ3n) is 4.31. The number of nitrogens with one attached hydrogen (secondary N) is 1. The zero-order chi connectivity index (χ0) is 17.0. The molecule has 128 valence electrons. The molecule has 1 aliphatic rings. The summed E-state index contributed by atoms with van der Waals surface area (Å²) < 4.78 is 5.23. The van der Waals surface area contributed by atoms with Crippen LogP contribution in [0.5, 0.6) is 0 Å². The predicted octanol–water partition coefficient (Wildman–Crippen LogP) is 2.44. The Morgan fingerprint density at radius 3 is 2.75 bits per heavy atom. The van der Waals surface area contributed by atoms with Gasteiger partial charge in [0.2, 0.25) is 0 Å². The maximum atomic E-state index is 12.4. The van der Waals surface area contributed by atoms with E-state index in [1.54, 1.807) is 4.90 Å². The molecule has 0 atom stereocenters. The van der Waals surface area contributed by atoms with Crippen molar-refractivity contribution in [2.75, 3.05) is 38.7 Å². The number of rotatable bonds is 7. The fourth-order valence-electron chi connectivity index (χ4n) is 2.67. The van der Waals surface area contributed by atoms with Crippen LogP contribution in [0.4, 0.5) is 5.69 Å². The Morgan fingerprint density at radius 2 is 2.12 bits per heavy atom. The van der Waals surface area contributed by atoms with Crippen molar-refractivity contribution in [2.45, 2.75) is 6.54 Å². The van der Waals surface area contributed by atoms with Crippen LogP contribution in [0.3, 0.4) is 0 Å². The number of amides is 1. The van der Waals surface area contributed by atoms with E-state index in [-0.39, 0.29) is 17.9 Å². The molecule has 1 amide bonds. The molecule has 0 radical (unpaired) electrons. The van der Waals surface area contributed by atoms with Gasteiger partial charge in [0.1, 0.15) is 0 Å². The highest BCUT2D eigenvalue weighted by atomic mass is 32.1. The van der Waals surface area contributed by atoms with Gasteiger partial charge in [0.15, 0.2) is 0 Å². The largest absolute Gasteiger partial charge is 0.396 e. The lowest BCUT2D eigenvalue weighted by Crippen LogP contribution is -2.50. The zero-order valence-electron chi connectivity index (χ0n) is 13.7. The second kappa shape index (κ2) is 7.34. The van der Waals surface area contributed by atoms with E-state index in [0.717, 1.165) is 16.1 Å². The summed E-state index contributed by atoms with van der Waals surface area (Å²) in [6.45, 7) is 2.45. The lowest BCUT2D eigenvalue weighted by atomic mass is 9.87. The van der Waals surface area contributed by atoms with Crippen LogP contribution in [0.25, 0.3) is 0 Å². The van der Waals surface area contributed by atoms with Crippen LogP contribution in [0.15, 0.2) is 41.8 Å². The number of ether oxygens (including phenoxy) is 1. The molecule has 1 aromatic heterocycles. The SMILES string of the molecule is CN(Cc1ccccc1NCC1(CO)COC1)C(=O)c1cccs1. The average molecular weight is 346 g/mol. The van der Waals surface area contributed by atoms with Gasteiger partial charge in [-0.25, -0.2) is 0 Å². The third-order valence-corrected chi connectivity index (χ3v) is 5.17. The molecule has 24 heavy (non-hydrogen) atoms. The highest BCUT2D eigenvalue weighted by Crippen LogP contribution is 2.28. The van der Waals surface area contributed by atoms with E-state index in [1.807, 2.05) is 48.8 Å². The molecule has 2 N–H and O–H groups in total. The standard InChI is InChI=1S/C18H22N2O3S/c1-20(17(22)16-7-4-8-24-16)9-14-5-2-3-6-15(14)19-10-18(11-21)12-23-13-18/h2-8,19,21H,9-13H2,1H3. The molecule has 1 saturated heterocycles. The normalized spacial score (nSPS) is 15.6. The first-order chi connectivity index (χ1) is 11.6. The molecular weight excluding hydrogens is 324 g/mol. The number of hydrogen-bond acceptors (Lipinski definition) is 5. The summed E-state index contributed by atoms with van der Waals surface area (Å²) in [4.78, 5) is 14.9. The van der Waals surface area contributed by atoms with E-state index in [9.17, 15) is 9.90 Å². The van der Waals surface area contributed by atoms with E-state index in [0.29, 0.717) is 26.3 Å². The van der Waals surface area contributed by atoms with Crippen LogP contribution < -0.4 is 5.32 Å². The first-order valence-electron chi connectivity index (χ1n) is 7.93. The van der Waals surface area contributed by atoms with Gasteiger partial charge in [0.05, 0.1) is 30.1 Å². The van der Waals surface area contributed by atoms with E-state index in [4.69, 9.17) is 4.74 Å². The van der Waals surface area contributed by atoms with Gasteiger partial charge in [-0.3, -0.25) is 4.79 Å². The van der Waals surface area contributed by atoms with Crippen LogP contribution in [-0.4, -0.2) is 49.3 Å². The summed E-state index contributed by atoms with van der Waals surface area (Å²) in [5.74, 6) is 0.0269. The minimum Gasteiger partial charge on any atom is -0.396 e. The number of carbonyl (C=O) groups is 1. The highest BCUT2D eigenvalue weighted by molar-refractivity contribution is 7.12. The molecule has 3 rings (SSSR count). The molecule has 1 aliphatic heterocycles. The number of benzene rings is 1. The van der Waals surface area contributed by atoms with Gasteiger partial charge in [-0.15, -0.1) is 11.3 Å². The molecule has 5 nitrogen and oxygen atoms in total. The highest BCUT2D eigenvalue weighted by Gasteiger charge is 2.37. The lowest BCUT2D eigenvalue weighted by molar-refractivity contribution is -0.128. The van der Waals surface area contributed by atoms with Gasteiger partial charge in [0, 0.05) is 25.8 Å². The zero-order valence-corrected chi connectivity index (χ0v) is 14.5. The van der Waals surface area contributed by atoms with Crippen molar-refractivity contribution >= 4 is 22.9 Å². The second-order valence-electron chi connectivity index (χ2n) is 6.30. The Bertz CT molecular complexity index is 678. The van der Waals surface area contributed by atoms with Crippen molar-refractivity contribution in [1.29, 1.82) is 0 Å². The number of nitrogens with zero attached hydrogens (tertiary/aromatic N) is 1. The summed E-state index contributed by atoms with van der Waals surface area (Å²) in [5.41, 5.74) is 1.85. The van der Waals surface area contributed by atoms with Crippen LogP contribution in [-0.2, 0) is 11.3 Å². The number of carbonyl (C=O) groups excluding carboxylic acids is 1. The number of aliphatic hydroxyl groups excluding tert-OH is 1. The monoisotopic (exact) mass is 346 g/mol. The fraction of sp³-hybridized carbons (Fsp3) is 0.389. The minimum absolute atomic E-state index is 0.0269. The molecule has 1 aromatic carbocycles. The van der Waals surface area contributed by atoms with E-state index < -0.39 is 0 Å². The van der Waals surface area contributed by atoms with Crippen molar-refractivity contribution in [1.82, 2.24) is 4.90 Å². The number of para-hydroxylation sites is 1. The van der Waals surface area contributed by atoms with Crippen molar-refractivity contribution in [3.05, 3.63) is 52.2 Å². The second-order valence-corrected chi connectivity index (χ2v) is 7.25. The first-order valence-corrected chi connectivity index (χ1v) is 8.81. The molecule has 0 aliphatic carbocycles. The van der Waals surface area contributed by atoms with Gasteiger partial charge in [-0.2, -0.15) is 0 Å². The topological polar surface area (TPSA) is 61.8 Å². The van der Waals surface area contributed by atoms with E-state index in [2.05, 4.69) is 5.32 Å². The predicted molar refractivity (Wildman–Crippen MR) is 95.4 cm³/mol.